The first kappa shape index (κ1) is 15.5. The largest absolute Gasteiger partial charge is 0.310 e. The molecule has 1 saturated heterocycles. The Morgan fingerprint density at radius 3 is 2.60 bits per heavy atom. The summed E-state index contributed by atoms with van der Waals surface area (Å²) in [5.41, 5.74) is 1.56. The molecule has 1 aromatic carbocycles. The fourth-order valence-corrected chi connectivity index (χ4v) is 3.16. The van der Waals surface area contributed by atoms with Gasteiger partial charge in [0.2, 0.25) is 0 Å². The van der Waals surface area contributed by atoms with Gasteiger partial charge in [0.05, 0.1) is 5.54 Å². The second kappa shape index (κ2) is 6.73. The van der Waals surface area contributed by atoms with Crippen molar-refractivity contribution in [1.29, 1.82) is 0 Å². The second-order valence-corrected chi connectivity index (χ2v) is 6.67. The Bertz CT molecular complexity index is 401. The summed E-state index contributed by atoms with van der Waals surface area (Å²) in [6.07, 6.45) is 2.55. The van der Waals surface area contributed by atoms with Crippen LogP contribution < -0.4 is 5.32 Å². The molecule has 0 aliphatic carbocycles. The van der Waals surface area contributed by atoms with Gasteiger partial charge < -0.3 is 5.32 Å². The molecule has 1 aliphatic rings. The third kappa shape index (κ3) is 3.24. The van der Waals surface area contributed by atoms with E-state index in [2.05, 4.69) is 68.2 Å². The Morgan fingerprint density at radius 2 is 2.00 bits per heavy atom. The molecule has 1 fully saturated rings. The normalized spacial score (nSPS) is 27.9. The number of rotatable bonds is 5. The highest BCUT2D eigenvalue weighted by Crippen LogP contribution is 2.32. The fraction of sp³-hybridized carbons (Fsp3) is 0.667. The Morgan fingerprint density at radius 1 is 1.30 bits per heavy atom. The van der Waals surface area contributed by atoms with Crippen LogP contribution >= 0.6 is 0 Å². The Kier molecular flexibility index (Phi) is 5.22. The zero-order chi connectivity index (χ0) is 14.6. The van der Waals surface area contributed by atoms with Crippen molar-refractivity contribution in [2.45, 2.75) is 52.1 Å². The van der Waals surface area contributed by atoms with Crippen LogP contribution in [0.1, 0.15) is 46.1 Å². The highest BCUT2D eigenvalue weighted by molar-refractivity contribution is 5.25. The molecule has 0 amide bonds. The first-order valence-electron chi connectivity index (χ1n) is 8.12. The van der Waals surface area contributed by atoms with Crippen molar-refractivity contribution in [3.05, 3.63) is 35.9 Å². The summed E-state index contributed by atoms with van der Waals surface area (Å²) in [5, 5.41) is 3.77. The first-order valence-corrected chi connectivity index (χ1v) is 8.12. The van der Waals surface area contributed by atoms with Gasteiger partial charge in [-0.15, -0.1) is 0 Å². The van der Waals surface area contributed by atoms with E-state index in [0.717, 1.165) is 13.1 Å². The standard InChI is InChI=1S/C18H30N2/c1-5-6-12-20-13-17(15(2)3)19-14-18(20,4)16-10-8-7-9-11-16/h7-11,15,17,19H,5-6,12-14H2,1-4H3. The highest BCUT2D eigenvalue weighted by Gasteiger charge is 2.39. The Hall–Kier alpha value is -0.860. The quantitative estimate of drug-likeness (QED) is 0.882. The molecule has 2 unspecified atom stereocenters. The van der Waals surface area contributed by atoms with Crippen molar-refractivity contribution in [2.75, 3.05) is 19.6 Å². The van der Waals surface area contributed by atoms with Gasteiger partial charge in [0.25, 0.3) is 0 Å². The topological polar surface area (TPSA) is 15.3 Å². The van der Waals surface area contributed by atoms with Gasteiger partial charge in [-0.1, -0.05) is 57.5 Å². The van der Waals surface area contributed by atoms with Crippen LogP contribution in [-0.4, -0.2) is 30.6 Å². The first-order chi connectivity index (χ1) is 9.58. The van der Waals surface area contributed by atoms with Gasteiger partial charge >= 0.3 is 0 Å². The smallest absolute Gasteiger partial charge is 0.0558 e. The number of hydrogen-bond acceptors (Lipinski definition) is 2. The lowest BCUT2D eigenvalue weighted by molar-refractivity contribution is 0.0378. The van der Waals surface area contributed by atoms with Crippen molar-refractivity contribution in [3.8, 4) is 0 Å². The maximum atomic E-state index is 3.77. The predicted octanol–water partition coefficient (Wildman–Crippen LogP) is 3.63. The molecule has 0 bridgehead atoms. The van der Waals surface area contributed by atoms with E-state index >= 15 is 0 Å². The average molecular weight is 274 g/mol. The molecule has 1 aliphatic heterocycles. The molecule has 2 heteroatoms. The number of nitrogens with one attached hydrogen (secondary N) is 1. The number of unbranched alkanes of at least 4 members (excludes halogenated alkanes) is 1. The zero-order valence-corrected chi connectivity index (χ0v) is 13.5. The van der Waals surface area contributed by atoms with E-state index in [0.29, 0.717) is 12.0 Å². The second-order valence-electron chi connectivity index (χ2n) is 6.67. The molecule has 2 atom stereocenters. The Balaban J connectivity index is 2.21. The summed E-state index contributed by atoms with van der Waals surface area (Å²) in [7, 11) is 0. The Labute approximate surface area is 124 Å². The average Bonchev–Trinajstić information content (AvgIpc) is 2.47. The minimum atomic E-state index is 0.127. The number of benzene rings is 1. The predicted molar refractivity (Wildman–Crippen MR) is 86.9 cm³/mol. The molecule has 0 spiro atoms. The van der Waals surface area contributed by atoms with E-state index in [4.69, 9.17) is 0 Å². The molecule has 0 saturated carbocycles. The third-order valence-corrected chi connectivity index (χ3v) is 4.81. The number of hydrogen-bond donors (Lipinski definition) is 1. The highest BCUT2D eigenvalue weighted by atomic mass is 15.3. The minimum absolute atomic E-state index is 0.127. The van der Waals surface area contributed by atoms with E-state index < -0.39 is 0 Å². The van der Waals surface area contributed by atoms with Gasteiger partial charge in [-0.2, -0.15) is 0 Å². The molecule has 2 rings (SSSR count). The summed E-state index contributed by atoms with van der Waals surface area (Å²) in [6.45, 7) is 12.7. The SMILES string of the molecule is CCCCN1CC(C(C)C)NCC1(C)c1ccccc1. The summed E-state index contributed by atoms with van der Waals surface area (Å²) in [4.78, 5) is 2.70. The van der Waals surface area contributed by atoms with Crippen LogP contribution in [0.15, 0.2) is 30.3 Å². The molecule has 1 aromatic rings. The fourth-order valence-electron chi connectivity index (χ4n) is 3.16. The summed E-state index contributed by atoms with van der Waals surface area (Å²) >= 11 is 0. The van der Waals surface area contributed by atoms with Crippen LogP contribution in [0.25, 0.3) is 0 Å². The lowest BCUT2D eigenvalue weighted by atomic mass is 9.85. The van der Waals surface area contributed by atoms with Gasteiger partial charge in [-0.25, -0.2) is 0 Å². The molecular formula is C18H30N2. The molecule has 1 heterocycles. The summed E-state index contributed by atoms with van der Waals surface area (Å²) in [6, 6.07) is 11.6. The molecule has 20 heavy (non-hydrogen) atoms. The van der Waals surface area contributed by atoms with Crippen LogP contribution in [0.4, 0.5) is 0 Å². The van der Waals surface area contributed by atoms with E-state index in [-0.39, 0.29) is 5.54 Å². The van der Waals surface area contributed by atoms with Gasteiger partial charge in [-0.05, 0) is 31.4 Å². The lowest BCUT2D eigenvalue weighted by Gasteiger charge is -2.49. The van der Waals surface area contributed by atoms with Crippen LogP contribution in [0.2, 0.25) is 0 Å². The molecule has 1 N–H and O–H groups in total. The van der Waals surface area contributed by atoms with Gasteiger partial charge in [0, 0.05) is 19.1 Å². The van der Waals surface area contributed by atoms with Gasteiger partial charge in [0.15, 0.2) is 0 Å². The van der Waals surface area contributed by atoms with Crippen LogP contribution in [0.5, 0.6) is 0 Å². The molecule has 112 valence electrons. The number of nitrogens with zero attached hydrogens (tertiary/aromatic N) is 1. The van der Waals surface area contributed by atoms with Crippen molar-refractivity contribution < 1.29 is 0 Å². The maximum Gasteiger partial charge on any atom is 0.0558 e. The van der Waals surface area contributed by atoms with E-state index in [1.165, 1.54) is 24.9 Å². The van der Waals surface area contributed by atoms with Gasteiger partial charge in [0.1, 0.15) is 0 Å². The van der Waals surface area contributed by atoms with Crippen LogP contribution in [-0.2, 0) is 5.54 Å². The molecule has 0 radical (unpaired) electrons. The maximum absolute atomic E-state index is 3.77. The minimum Gasteiger partial charge on any atom is -0.310 e. The van der Waals surface area contributed by atoms with E-state index in [1.807, 2.05) is 0 Å². The summed E-state index contributed by atoms with van der Waals surface area (Å²) in [5.74, 6) is 0.694. The van der Waals surface area contributed by atoms with Crippen molar-refractivity contribution in [3.63, 3.8) is 0 Å². The van der Waals surface area contributed by atoms with Crippen LogP contribution in [0.3, 0.4) is 0 Å². The zero-order valence-electron chi connectivity index (χ0n) is 13.5. The van der Waals surface area contributed by atoms with Crippen molar-refractivity contribution >= 4 is 0 Å². The van der Waals surface area contributed by atoms with Gasteiger partial charge in [-0.3, -0.25) is 4.90 Å². The van der Waals surface area contributed by atoms with E-state index in [9.17, 15) is 0 Å². The molecule has 2 nitrogen and oxygen atoms in total. The van der Waals surface area contributed by atoms with Crippen molar-refractivity contribution in [1.82, 2.24) is 10.2 Å². The van der Waals surface area contributed by atoms with Crippen molar-refractivity contribution in [2.24, 2.45) is 5.92 Å². The third-order valence-electron chi connectivity index (χ3n) is 4.81. The monoisotopic (exact) mass is 274 g/mol. The summed E-state index contributed by atoms with van der Waals surface area (Å²) < 4.78 is 0. The van der Waals surface area contributed by atoms with Crippen LogP contribution in [0, 0.1) is 5.92 Å². The van der Waals surface area contributed by atoms with E-state index in [1.54, 1.807) is 0 Å². The molecule has 0 aromatic heterocycles. The lowest BCUT2D eigenvalue weighted by Crippen LogP contribution is -2.62. The molecular weight excluding hydrogens is 244 g/mol. The number of piperazine rings is 1.